The van der Waals surface area contributed by atoms with Crippen molar-refractivity contribution >= 4 is 15.7 Å². The fraction of sp³-hybridized carbons (Fsp3) is 0.571. The number of aliphatic hydroxyl groups is 1. The summed E-state index contributed by atoms with van der Waals surface area (Å²) in [5.41, 5.74) is 0.436. The number of hydrogen-bond acceptors (Lipinski definition) is 4. The number of hydrogen-bond donors (Lipinski definition) is 2. The van der Waals surface area contributed by atoms with Gasteiger partial charge in [0.15, 0.2) is 0 Å². The summed E-state index contributed by atoms with van der Waals surface area (Å²) in [5.74, 6) is -0.0849. The van der Waals surface area contributed by atoms with Gasteiger partial charge in [0.25, 0.3) is 0 Å². The van der Waals surface area contributed by atoms with E-state index < -0.39 is 10.0 Å². The van der Waals surface area contributed by atoms with Gasteiger partial charge in [-0.2, -0.15) is 5.10 Å². The molecule has 0 aromatic carbocycles. The van der Waals surface area contributed by atoms with Crippen LogP contribution in [0.1, 0.15) is 6.42 Å². The Morgan fingerprint density at radius 2 is 2.36 bits per heavy atom. The van der Waals surface area contributed by atoms with Crippen LogP contribution >= 0.6 is 0 Å². The van der Waals surface area contributed by atoms with Gasteiger partial charge in [0.2, 0.25) is 10.0 Å². The standard InChI is InChI=1S/C7H13N3O3S/c1-10-6-7(5-8-10)9-14(12,13)4-2-3-11/h5-6,9,11H,2-4H2,1H3. The first-order valence-corrected chi connectivity index (χ1v) is 5.79. The first kappa shape index (κ1) is 11.0. The van der Waals surface area contributed by atoms with E-state index in [1.165, 1.54) is 10.9 Å². The van der Waals surface area contributed by atoms with Crippen molar-refractivity contribution in [2.45, 2.75) is 6.42 Å². The molecule has 0 fully saturated rings. The molecule has 0 saturated carbocycles. The summed E-state index contributed by atoms with van der Waals surface area (Å²) in [6.07, 6.45) is 3.22. The van der Waals surface area contributed by atoms with Gasteiger partial charge in [0.1, 0.15) is 0 Å². The van der Waals surface area contributed by atoms with Crippen molar-refractivity contribution in [2.24, 2.45) is 7.05 Å². The predicted octanol–water partition coefficient (Wildman–Crippen LogP) is -0.456. The zero-order valence-corrected chi connectivity index (χ0v) is 8.66. The maximum atomic E-state index is 11.3. The maximum absolute atomic E-state index is 11.3. The summed E-state index contributed by atoms with van der Waals surface area (Å²) in [6, 6.07) is 0. The highest BCUT2D eigenvalue weighted by molar-refractivity contribution is 7.92. The number of sulfonamides is 1. The average Bonchev–Trinajstić information content (AvgIpc) is 2.47. The van der Waals surface area contributed by atoms with Crippen molar-refractivity contribution in [3.63, 3.8) is 0 Å². The highest BCUT2D eigenvalue weighted by atomic mass is 32.2. The molecule has 0 spiro atoms. The second-order valence-electron chi connectivity index (χ2n) is 2.90. The van der Waals surface area contributed by atoms with Crippen LogP contribution in [0.15, 0.2) is 12.4 Å². The Balaban J connectivity index is 2.59. The van der Waals surface area contributed by atoms with Crippen molar-refractivity contribution in [2.75, 3.05) is 17.1 Å². The molecular weight excluding hydrogens is 206 g/mol. The fourth-order valence-corrected chi connectivity index (χ4v) is 2.03. The molecule has 1 rings (SSSR count). The minimum Gasteiger partial charge on any atom is -0.396 e. The Hall–Kier alpha value is -1.08. The molecule has 0 aliphatic heterocycles. The molecule has 14 heavy (non-hydrogen) atoms. The van der Waals surface area contributed by atoms with E-state index in [2.05, 4.69) is 9.82 Å². The minimum absolute atomic E-state index is 0.0849. The van der Waals surface area contributed by atoms with E-state index in [0.717, 1.165) is 0 Å². The van der Waals surface area contributed by atoms with Gasteiger partial charge in [-0.05, 0) is 6.42 Å². The zero-order chi connectivity index (χ0) is 10.6. The van der Waals surface area contributed by atoms with Crippen molar-refractivity contribution < 1.29 is 13.5 Å². The quantitative estimate of drug-likeness (QED) is 0.702. The van der Waals surface area contributed by atoms with Gasteiger partial charge < -0.3 is 5.11 Å². The smallest absolute Gasteiger partial charge is 0.232 e. The van der Waals surface area contributed by atoms with Gasteiger partial charge >= 0.3 is 0 Å². The first-order chi connectivity index (χ1) is 6.53. The normalized spacial score (nSPS) is 11.6. The lowest BCUT2D eigenvalue weighted by Gasteiger charge is -2.03. The molecule has 1 heterocycles. The van der Waals surface area contributed by atoms with Crippen molar-refractivity contribution in [3.8, 4) is 0 Å². The third kappa shape index (κ3) is 3.35. The molecule has 2 N–H and O–H groups in total. The third-order valence-corrected chi connectivity index (χ3v) is 2.92. The number of anilines is 1. The van der Waals surface area contributed by atoms with E-state index >= 15 is 0 Å². The van der Waals surface area contributed by atoms with Crippen LogP contribution in [0.4, 0.5) is 5.69 Å². The molecule has 0 saturated heterocycles. The molecule has 6 nitrogen and oxygen atoms in total. The third-order valence-electron chi connectivity index (χ3n) is 1.55. The first-order valence-electron chi connectivity index (χ1n) is 4.13. The molecule has 7 heteroatoms. The van der Waals surface area contributed by atoms with Crippen LogP contribution in [0.5, 0.6) is 0 Å². The van der Waals surface area contributed by atoms with Crippen LogP contribution in [0.2, 0.25) is 0 Å². The lowest BCUT2D eigenvalue weighted by Crippen LogP contribution is -2.17. The molecule has 80 valence electrons. The molecule has 1 aromatic heterocycles. The van der Waals surface area contributed by atoms with Gasteiger partial charge in [-0.25, -0.2) is 8.42 Å². The monoisotopic (exact) mass is 219 g/mol. The molecule has 0 radical (unpaired) electrons. The molecule has 0 unspecified atom stereocenters. The van der Waals surface area contributed by atoms with Crippen LogP contribution in [-0.4, -0.2) is 35.7 Å². The van der Waals surface area contributed by atoms with E-state index in [-0.39, 0.29) is 18.8 Å². The summed E-state index contributed by atoms with van der Waals surface area (Å²) in [4.78, 5) is 0. The summed E-state index contributed by atoms with van der Waals surface area (Å²) in [7, 11) is -1.65. The Morgan fingerprint density at radius 3 is 2.86 bits per heavy atom. The van der Waals surface area contributed by atoms with E-state index in [0.29, 0.717) is 5.69 Å². The number of nitrogens with one attached hydrogen (secondary N) is 1. The van der Waals surface area contributed by atoms with E-state index in [1.54, 1.807) is 13.2 Å². The van der Waals surface area contributed by atoms with Crippen LogP contribution in [0, 0.1) is 0 Å². The van der Waals surface area contributed by atoms with Gasteiger partial charge in [0, 0.05) is 19.9 Å². The lowest BCUT2D eigenvalue weighted by molar-refractivity contribution is 0.295. The number of aryl methyl sites for hydroxylation is 1. The van der Waals surface area contributed by atoms with Gasteiger partial charge in [0.05, 0.1) is 17.6 Å². The van der Waals surface area contributed by atoms with Crippen LogP contribution in [-0.2, 0) is 17.1 Å². The van der Waals surface area contributed by atoms with E-state index in [9.17, 15) is 8.42 Å². The Morgan fingerprint density at radius 1 is 1.64 bits per heavy atom. The summed E-state index contributed by atoms with van der Waals surface area (Å²) in [5, 5.41) is 12.3. The molecule has 0 aliphatic rings. The highest BCUT2D eigenvalue weighted by Gasteiger charge is 2.10. The zero-order valence-electron chi connectivity index (χ0n) is 7.84. The minimum atomic E-state index is -3.35. The highest BCUT2D eigenvalue weighted by Crippen LogP contribution is 2.06. The van der Waals surface area contributed by atoms with Crippen LogP contribution in [0.25, 0.3) is 0 Å². The topological polar surface area (TPSA) is 84.2 Å². The summed E-state index contributed by atoms with van der Waals surface area (Å²) >= 11 is 0. The summed E-state index contributed by atoms with van der Waals surface area (Å²) in [6.45, 7) is -0.131. The van der Waals surface area contributed by atoms with Gasteiger partial charge in [-0.1, -0.05) is 0 Å². The van der Waals surface area contributed by atoms with E-state index in [1.807, 2.05) is 0 Å². The number of aromatic nitrogens is 2. The summed E-state index contributed by atoms with van der Waals surface area (Å²) < 4.78 is 26.5. The number of rotatable bonds is 5. The Kier molecular flexibility index (Phi) is 3.48. The van der Waals surface area contributed by atoms with Crippen LogP contribution < -0.4 is 4.72 Å². The second kappa shape index (κ2) is 4.43. The van der Waals surface area contributed by atoms with E-state index in [4.69, 9.17) is 5.11 Å². The van der Waals surface area contributed by atoms with Crippen molar-refractivity contribution in [1.82, 2.24) is 9.78 Å². The predicted molar refractivity (Wildman–Crippen MR) is 52.3 cm³/mol. The largest absolute Gasteiger partial charge is 0.396 e. The SMILES string of the molecule is Cn1cc(NS(=O)(=O)CCCO)cn1. The Labute approximate surface area is 82.6 Å². The molecule has 0 bridgehead atoms. The van der Waals surface area contributed by atoms with Crippen LogP contribution in [0.3, 0.4) is 0 Å². The van der Waals surface area contributed by atoms with Gasteiger partial charge in [-0.3, -0.25) is 9.40 Å². The molecule has 0 aliphatic carbocycles. The molecule has 0 amide bonds. The molecule has 1 aromatic rings. The molecular formula is C7H13N3O3S. The Bertz CT molecular complexity index is 385. The molecule has 0 atom stereocenters. The number of aliphatic hydroxyl groups excluding tert-OH is 1. The maximum Gasteiger partial charge on any atom is 0.232 e. The van der Waals surface area contributed by atoms with Crippen molar-refractivity contribution in [3.05, 3.63) is 12.4 Å². The van der Waals surface area contributed by atoms with Crippen molar-refractivity contribution in [1.29, 1.82) is 0 Å². The fourth-order valence-electron chi connectivity index (χ4n) is 0.959. The second-order valence-corrected chi connectivity index (χ2v) is 4.74. The van der Waals surface area contributed by atoms with Gasteiger partial charge in [-0.15, -0.1) is 0 Å². The lowest BCUT2D eigenvalue weighted by atomic mass is 10.5. The average molecular weight is 219 g/mol. The number of nitrogens with zero attached hydrogens (tertiary/aromatic N) is 2.